The van der Waals surface area contributed by atoms with Crippen molar-refractivity contribution in [1.82, 2.24) is 0 Å². The first-order chi connectivity index (χ1) is 15.0. The summed E-state index contributed by atoms with van der Waals surface area (Å²) in [5.41, 5.74) is -0.106. The molecule has 1 saturated carbocycles. The smallest absolute Gasteiger partial charge is 0.349 e. The summed E-state index contributed by atoms with van der Waals surface area (Å²) in [6, 6.07) is 11.4. The third kappa shape index (κ3) is 4.60. The monoisotopic (exact) mass is 426 g/mol. The van der Waals surface area contributed by atoms with E-state index in [2.05, 4.69) is 6.92 Å². The van der Waals surface area contributed by atoms with Crippen LogP contribution in [0.2, 0.25) is 0 Å². The van der Waals surface area contributed by atoms with Gasteiger partial charge in [0, 0.05) is 5.39 Å². The Balaban J connectivity index is 1.51. The van der Waals surface area contributed by atoms with Crippen LogP contribution in [0.5, 0.6) is 5.75 Å². The fraction of sp³-hybridized carbons (Fsp3) is 0.346. The van der Waals surface area contributed by atoms with Gasteiger partial charge in [-0.1, -0.05) is 31.9 Å². The van der Waals surface area contributed by atoms with Crippen molar-refractivity contribution in [2.45, 2.75) is 51.4 Å². The Morgan fingerprint density at radius 1 is 0.935 bits per heavy atom. The number of rotatable bonds is 5. The van der Waals surface area contributed by atoms with Crippen LogP contribution in [0, 0.1) is 23.4 Å². The predicted molar refractivity (Wildman–Crippen MR) is 115 cm³/mol. The largest absolute Gasteiger partial charge is 0.423 e. The van der Waals surface area contributed by atoms with Gasteiger partial charge >= 0.3 is 5.97 Å². The van der Waals surface area contributed by atoms with Crippen LogP contribution in [0.25, 0.3) is 10.8 Å². The first-order valence-corrected chi connectivity index (χ1v) is 10.9. The van der Waals surface area contributed by atoms with Gasteiger partial charge in [0.05, 0.1) is 0 Å². The third-order valence-corrected chi connectivity index (χ3v) is 6.29. The molecule has 1 fully saturated rings. The molecule has 0 aliphatic heterocycles. The van der Waals surface area contributed by atoms with Gasteiger partial charge in [0.15, 0.2) is 0 Å². The summed E-state index contributed by atoms with van der Waals surface area (Å²) in [6.45, 7) is 2.17. The summed E-state index contributed by atoms with van der Waals surface area (Å²) in [5, 5.41) is 0.901. The highest BCUT2D eigenvalue weighted by molar-refractivity contribution is 5.92. The van der Waals surface area contributed by atoms with Crippen LogP contribution in [0.3, 0.4) is 0 Å². The zero-order valence-electron chi connectivity index (χ0n) is 17.5. The van der Waals surface area contributed by atoms with E-state index in [0.29, 0.717) is 22.3 Å². The fourth-order valence-corrected chi connectivity index (χ4v) is 4.66. The first kappa shape index (κ1) is 21.4. The number of carbonyl (C=O) groups excluding carboxylic acids is 1. The number of hydrogen-bond donors (Lipinski definition) is 0. The molecule has 0 bridgehead atoms. The maximum absolute atomic E-state index is 14.7. The number of fused-ring (bicyclic) bond motifs is 1. The lowest BCUT2D eigenvalue weighted by Gasteiger charge is -2.28. The molecule has 0 radical (unpaired) electrons. The van der Waals surface area contributed by atoms with Crippen LogP contribution in [-0.2, 0) is 0 Å². The Labute approximate surface area is 180 Å². The van der Waals surface area contributed by atoms with Crippen LogP contribution in [0.4, 0.5) is 13.2 Å². The van der Waals surface area contributed by atoms with Gasteiger partial charge in [-0.05, 0) is 84.9 Å². The van der Waals surface area contributed by atoms with Crippen molar-refractivity contribution in [3.8, 4) is 5.75 Å². The van der Waals surface area contributed by atoms with Crippen molar-refractivity contribution in [2.24, 2.45) is 5.92 Å². The Morgan fingerprint density at radius 3 is 2.32 bits per heavy atom. The molecule has 5 heteroatoms. The molecule has 31 heavy (non-hydrogen) atoms. The van der Waals surface area contributed by atoms with E-state index in [1.165, 1.54) is 48.9 Å². The predicted octanol–water partition coefficient (Wildman–Crippen LogP) is 7.55. The highest BCUT2D eigenvalue weighted by atomic mass is 19.1. The van der Waals surface area contributed by atoms with Crippen molar-refractivity contribution in [2.75, 3.05) is 0 Å². The molecule has 3 aromatic carbocycles. The number of halogens is 3. The minimum absolute atomic E-state index is 0.0974. The van der Waals surface area contributed by atoms with E-state index in [4.69, 9.17) is 4.74 Å². The van der Waals surface area contributed by atoms with Gasteiger partial charge < -0.3 is 4.74 Å². The van der Waals surface area contributed by atoms with Crippen LogP contribution in [0.15, 0.2) is 48.5 Å². The Hall–Kier alpha value is -2.82. The molecule has 162 valence electrons. The topological polar surface area (TPSA) is 26.3 Å². The van der Waals surface area contributed by atoms with Gasteiger partial charge in [-0.2, -0.15) is 0 Å². The molecule has 0 N–H and O–H groups in total. The summed E-state index contributed by atoms with van der Waals surface area (Å²) in [5.74, 6) is -2.43. The standard InChI is InChI=1S/C26H25F3O2/c1-2-4-16-7-9-17(10-8-16)19-14-23(28)25(24(29)15-19)26(30)31-20-11-12-21-18(13-20)5-3-6-22(21)27/h3,5-6,11-17H,2,4,7-10H2,1H3. The highest BCUT2D eigenvalue weighted by Gasteiger charge is 2.26. The van der Waals surface area contributed by atoms with E-state index in [1.54, 1.807) is 6.07 Å². The lowest BCUT2D eigenvalue weighted by molar-refractivity contribution is 0.0724. The minimum atomic E-state index is -1.11. The molecular weight excluding hydrogens is 401 g/mol. The van der Waals surface area contributed by atoms with E-state index in [-0.39, 0.29) is 11.7 Å². The molecule has 0 aromatic heterocycles. The van der Waals surface area contributed by atoms with Gasteiger partial charge in [-0.25, -0.2) is 18.0 Å². The number of ether oxygens (including phenoxy) is 1. The molecule has 4 rings (SSSR count). The maximum atomic E-state index is 14.7. The van der Waals surface area contributed by atoms with Gasteiger partial charge in [-0.3, -0.25) is 0 Å². The molecule has 0 amide bonds. The molecule has 0 atom stereocenters. The number of esters is 1. The summed E-state index contributed by atoms with van der Waals surface area (Å²) in [6.07, 6.45) is 6.29. The Kier molecular flexibility index (Phi) is 6.30. The normalized spacial score (nSPS) is 18.8. The quantitative estimate of drug-likeness (QED) is 0.311. The summed E-state index contributed by atoms with van der Waals surface area (Å²) in [7, 11) is 0. The van der Waals surface area contributed by atoms with Crippen LogP contribution in [0.1, 0.15) is 67.3 Å². The summed E-state index contributed by atoms with van der Waals surface area (Å²) in [4.78, 5) is 12.5. The van der Waals surface area contributed by atoms with Gasteiger partial charge in [-0.15, -0.1) is 0 Å². The number of benzene rings is 3. The average Bonchev–Trinajstić information content (AvgIpc) is 2.74. The van der Waals surface area contributed by atoms with Crippen LogP contribution >= 0.6 is 0 Å². The van der Waals surface area contributed by atoms with E-state index < -0.39 is 29.0 Å². The zero-order chi connectivity index (χ0) is 22.0. The highest BCUT2D eigenvalue weighted by Crippen LogP contribution is 2.38. The summed E-state index contributed by atoms with van der Waals surface area (Å²) >= 11 is 0. The molecule has 1 aliphatic rings. The second kappa shape index (κ2) is 9.13. The Morgan fingerprint density at radius 2 is 1.65 bits per heavy atom. The van der Waals surface area contributed by atoms with Crippen molar-refractivity contribution in [1.29, 1.82) is 0 Å². The molecule has 0 saturated heterocycles. The second-order valence-corrected chi connectivity index (χ2v) is 8.38. The van der Waals surface area contributed by atoms with Crippen molar-refractivity contribution >= 4 is 16.7 Å². The SMILES string of the molecule is CCCC1CCC(c2cc(F)c(C(=O)Oc3ccc4c(F)cccc4c3)c(F)c2)CC1. The lowest BCUT2D eigenvalue weighted by atomic mass is 9.77. The second-order valence-electron chi connectivity index (χ2n) is 8.38. The lowest BCUT2D eigenvalue weighted by Crippen LogP contribution is -2.16. The van der Waals surface area contributed by atoms with Crippen LogP contribution in [-0.4, -0.2) is 5.97 Å². The van der Waals surface area contributed by atoms with Crippen LogP contribution < -0.4 is 4.74 Å². The number of carbonyl (C=O) groups is 1. The fourth-order valence-electron chi connectivity index (χ4n) is 4.66. The minimum Gasteiger partial charge on any atom is -0.423 e. The summed E-state index contributed by atoms with van der Waals surface area (Å²) < 4.78 is 48.5. The molecule has 2 nitrogen and oxygen atoms in total. The van der Waals surface area contributed by atoms with E-state index in [1.807, 2.05) is 0 Å². The Bertz CT molecular complexity index is 1080. The molecule has 0 heterocycles. The zero-order valence-corrected chi connectivity index (χ0v) is 17.5. The van der Waals surface area contributed by atoms with E-state index in [0.717, 1.165) is 32.1 Å². The van der Waals surface area contributed by atoms with Gasteiger partial charge in [0.25, 0.3) is 0 Å². The first-order valence-electron chi connectivity index (χ1n) is 10.9. The molecule has 3 aromatic rings. The van der Waals surface area contributed by atoms with Crippen molar-refractivity contribution in [3.05, 3.63) is 77.1 Å². The van der Waals surface area contributed by atoms with Crippen molar-refractivity contribution < 1.29 is 22.7 Å². The average molecular weight is 426 g/mol. The molecule has 1 aliphatic carbocycles. The van der Waals surface area contributed by atoms with E-state index in [9.17, 15) is 18.0 Å². The van der Waals surface area contributed by atoms with E-state index >= 15 is 0 Å². The molecular formula is C26H25F3O2. The van der Waals surface area contributed by atoms with Crippen molar-refractivity contribution in [3.63, 3.8) is 0 Å². The van der Waals surface area contributed by atoms with Gasteiger partial charge in [0.1, 0.15) is 28.8 Å². The maximum Gasteiger partial charge on any atom is 0.349 e. The third-order valence-electron chi connectivity index (χ3n) is 6.29. The van der Waals surface area contributed by atoms with Gasteiger partial charge in [0.2, 0.25) is 0 Å². The molecule has 0 spiro atoms. The number of hydrogen-bond acceptors (Lipinski definition) is 2. The molecule has 0 unspecified atom stereocenters.